The fourth-order valence-electron chi connectivity index (χ4n) is 7.20. The zero-order valence-electron chi connectivity index (χ0n) is 28.1. The van der Waals surface area contributed by atoms with Crippen molar-refractivity contribution in [3.63, 3.8) is 0 Å². The molecule has 250 valence electrons. The van der Waals surface area contributed by atoms with E-state index in [1.54, 1.807) is 13.8 Å². The molecule has 2 saturated carbocycles. The first-order valence-electron chi connectivity index (χ1n) is 17.0. The SMILES string of the molecule is CC(O)CC(C)O.CN1C=CN(c2[c-]cccc2)[CH-]1.[Ir+3].[c-]1ccccc1-c1nccc2cc(C3CCC4(CCCCC4)CC3)ccc12. The number of hydrogen-bond acceptors (Lipinski definition) is 5. The summed E-state index contributed by atoms with van der Waals surface area (Å²) in [5.74, 6) is 0.738. The number of aromatic nitrogens is 1. The largest absolute Gasteiger partial charge is 3.00 e. The van der Waals surface area contributed by atoms with E-state index < -0.39 is 0 Å². The van der Waals surface area contributed by atoms with Crippen molar-refractivity contribution in [1.82, 2.24) is 9.88 Å². The number of hydrogen-bond donors (Lipinski definition) is 2. The van der Waals surface area contributed by atoms with E-state index in [1.807, 2.05) is 78.5 Å². The maximum Gasteiger partial charge on any atom is 3.00 e. The summed E-state index contributed by atoms with van der Waals surface area (Å²) in [6, 6.07) is 31.8. The van der Waals surface area contributed by atoms with Crippen LogP contribution < -0.4 is 4.90 Å². The van der Waals surface area contributed by atoms with Gasteiger partial charge in [-0.15, -0.1) is 41.6 Å². The first-order valence-corrected chi connectivity index (χ1v) is 17.0. The van der Waals surface area contributed by atoms with Crippen molar-refractivity contribution >= 4 is 16.5 Å². The summed E-state index contributed by atoms with van der Waals surface area (Å²) in [6.45, 7) is 5.32. The van der Waals surface area contributed by atoms with E-state index in [2.05, 4.69) is 53.5 Å². The molecule has 1 aliphatic heterocycles. The Kier molecular flexibility index (Phi) is 14.0. The van der Waals surface area contributed by atoms with Gasteiger partial charge in [0.05, 0.1) is 12.2 Å². The minimum atomic E-state index is -0.375. The van der Waals surface area contributed by atoms with E-state index in [4.69, 9.17) is 10.2 Å². The fraction of sp³-hybridized carbons (Fsp3) is 0.415. The van der Waals surface area contributed by atoms with E-state index in [9.17, 15) is 0 Å². The van der Waals surface area contributed by atoms with Gasteiger partial charge in [-0.2, -0.15) is 37.0 Å². The van der Waals surface area contributed by atoms with Gasteiger partial charge in [-0.25, -0.2) is 0 Å². The molecule has 2 unspecified atom stereocenters. The summed E-state index contributed by atoms with van der Waals surface area (Å²) in [6.07, 6.45) is 18.7. The zero-order valence-corrected chi connectivity index (χ0v) is 30.5. The molecule has 5 nitrogen and oxygen atoms in total. The normalized spacial score (nSPS) is 18.4. The fourth-order valence-corrected chi connectivity index (χ4v) is 7.20. The molecule has 4 aromatic rings. The Morgan fingerprint density at radius 3 is 2.15 bits per heavy atom. The van der Waals surface area contributed by atoms with E-state index >= 15 is 0 Å². The first-order chi connectivity index (χ1) is 22.3. The Balaban J connectivity index is 0.000000207. The maximum absolute atomic E-state index is 8.56. The van der Waals surface area contributed by atoms with Crippen molar-refractivity contribution in [3.05, 3.63) is 116 Å². The molecule has 2 heterocycles. The van der Waals surface area contributed by atoms with Crippen LogP contribution in [0.15, 0.2) is 91.4 Å². The molecule has 2 fully saturated rings. The van der Waals surface area contributed by atoms with Crippen LogP contribution in [0.4, 0.5) is 5.69 Å². The molecule has 47 heavy (non-hydrogen) atoms. The van der Waals surface area contributed by atoms with Crippen molar-refractivity contribution in [1.29, 1.82) is 0 Å². The Hall–Kier alpha value is -3.02. The van der Waals surface area contributed by atoms with E-state index in [0.29, 0.717) is 11.8 Å². The second-order valence-corrected chi connectivity index (χ2v) is 13.4. The number of fused-ring (bicyclic) bond motifs is 1. The number of aliphatic hydroxyl groups excluding tert-OH is 2. The van der Waals surface area contributed by atoms with Crippen LogP contribution >= 0.6 is 0 Å². The van der Waals surface area contributed by atoms with Crippen LogP contribution in [-0.4, -0.2) is 39.4 Å². The summed E-state index contributed by atoms with van der Waals surface area (Å²) in [4.78, 5) is 8.67. The molecule has 1 aromatic heterocycles. The van der Waals surface area contributed by atoms with Crippen molar-refractivity contribution in [2.24, 2.45) is 5.41 Å². The predicted molar refractivity (Wildman–Crippen MR) is 190 cm³/mol. The zero-order chi connectivity index (χ0) is 32.4. The molecule has 6 heteroatoms. The molecule has 0 saturated heterocycles. The summed E-state index contributed by atoms with van der Waals surface area (Å²) in [5, 5.41) is 19.7. The Morgan fingerprint density at radius 1 is 0.872 bits per heavy atom. The quantitative estimate of drug-likeness (QED) is 0.197. The minimum Gasteiger partial charge on any atom is -0.510 e. The number of nitrogens with zero attached hydrogens (tertiary/aromatic N) is 3. The summed E-state index contributed by atoms with van der Waals surface area (Å²) >= 11 is 0. The van der Waals surface area contributed by atoms with Crippen LogP contribution in [0, 0.1) is 24.2 Å². The van der Waals surface area contributed by atoms with Crippen LogP contribution in [0.25, 0.3) is 22.0 Å². The van der Waals surface area contributed by atoms with Crippen molar-refractivity contribution in [2.45, 2.75) is 96.2 Å². The predicted octanol–water partition coefficient (Wildman–Crippen LogP) is 9.27. The van der Waals surface area contributed by atoms with Crippen molar-refractivity contribution in [2.75, 3.05) is 11.9 Å². The third kappa shape index (κ3) is 10.5. The van der Waals surface area contributed by atoms with Crippen LogP contribution in [0.2, 0.25) is 0 Å². The Morgan fingerprint density at radius 2 is 1.57 bits per heavy atom. The molecule has 3 aromatic carbocycles. The molecule has 0 amide bonds. The average Bonchev–Trinajstić information content (AvgIpc) is 3.52. The Bertz CT molecular complexity index is 1500. The number of benzene rings is 3. The third-order valence-corrected chi connectivity index (χ3v) is 9.61. The van der Waals surface area contributed by atoms with E-state index in [1.165, 1.54) is 74.1 Å². The molecule has 1 spiro atoms. The van der Waals surface area contributed by atoms with Gasteiger partial charge in [-0.3, -0.25) is 0 Å². The first kappa shape index (κ1) is 36.8. The molecule has 2 N–H and O–H groups in total. The van der Waals surface area contributed by atoms with Gasteiger partial charge in [0.25, 0.3) is 0 Å². The van der Waals surface area contributed by atoms with Gasteiger partial charge in [0.15, 0.2) is 0 Å². The molecular weight excluding hydrogens is 759 g/mol. The molecule has 0 radical (unpaired) electrons. The second kappa shape index (κ2) is 17.9. The molecule has 7 rings (SSSR count). The van der Waals surface area contributed by atoms with Crippen LogP contribution in [-0.2, 0) is 20.1 Å². The van der Waals surface area contributed by atoms with Crippen LogP contribution in [0.1, 0.15) is 89.5 Å². The van der Waals surface area contributed by atoms with Crippen LogP contribution in [0.3, 0.4) is 0 Å². The van der Waals surface area contributed by atoms with Gasteiger partial charge >= 0.3 is 20.1 Å². The number of pyridine rings is 1. The smallest absolute Gasteiger partial charge is 0.510 e. The van der Waals surface area contributed by atoms with Gasteiger partial charge in [0.1, 0.15) is 0 Å². The van der Waals surface area contributed by atoms with E-state index in [-0.39, 0.29) is 32.3 Å². The van der Waals surface area contributed by atoms with E-state index in [0.717, 1.165) is 22.9 Å². The van der Waals surface area contributed by atoms with Gasteiger partial charge in [-0.1, -0.05) is 37.5 Å². The van der Waals surface area contributed by atoms with Gasteiger partial charge < -0.3 is 25.0 Å². The number of para-hydroxylation sites is 1. The molecule has 3 aliphatic rings. The van der Waals surface area contributed by atoms with Crippen LogP contribution in [0.5, 0.6) is 0 Å². The second-order valence-electron chi connectivity index (χ2n) is 13.4. The topological polar surface area (TPSA) is 59.8 Å². The Labute approximate surface area is 296 Å². The monoisotopic (exact) mass is 809 g/mol. The van der Waals surface area contributed by atoms with Crippen molar-refractivity contribution in [3.8, 4) is 11.3 Å². The molecular formula is C41H50IrN3O2. The number of anilines is 1. The minimum absolute atomic E-state index is 0. The summed E-state index contributed by atoms with van der Waals surface area (Å²) < 4.78 is 0. The van der Waals surface area contributed by atoms with Crippen molar-refractivity contribution < 1.29 is 30.3 Å². The van der Waals surface area contributed by atoms with Gasteiger partial charge in [0, 0.05) is 6.20 Å². The maximum atomic E-state index is 8.56. The van der Waals surface area contributed by atoms with Gasteiger partial charge in [-0.05, 0) is 118 Å². The summed E-state index contributed by atoms with van der Waals surface area (Å²) in [5.41, 5.74) is 5.42. The standard InChI is InChI=1S/C26H28N.C10H10N2.C5H12O2.Ir/c1-3-7-21(8-4-1)25-24-10-9-22(19-23(24)13-18-27-25)20-11-16-26(17-12-20)14-5-2-6-15-26;1-11-7-8-12(9-11)10-5-3-2-4-6-10;1-4(6)3-5(2)7;/h1,3-4,7,9-10,13,18-20H,2,5-6,11-12,14-17H2;2-5,7-9H,1H3;4-7H,3H2,1-2H3;/q-1;-2;;+3. The van der Waals surface area contributed by atoms with Gasteiger partial charge in [0.2, 0.25) is 0 Å². The number of rotatable bonds is 5. The molecule has 0 bridgehead atoms. The summed E-state index contributed by atoms with van der Waals surface area (Å²) in [7, 11) is 2.00. The average molecular weight is 809 g/mol. The molecule has 2 aliphatic carbocycles. The third-order valence-electron chi connectivity index (χ3n) is 9.61. The number of aliphatic hydroxyl groups is 2. The molecule has 2 atom stereocenters.